The summed E-state index contributed by atoms with van der Waals surface area (Å²) >= 11 is 0. The maximum Gasteiger partial charge on any atom is 0.268 e. The molecule has 0 saturated carbocycles. The highest BCUT2D eigenvalue weighted by Crippen LogP contribution is 2.29. The molecule has 2 aromatic heterocycles. The van der Waals surface area contributed by atoms with Gasteiger partial charge in [0.2, 0.25) is 5.89 Å². The van der Waals surface area contributed by atoms with Crippen molar-refractivity contribution in [1.82, 2.24) is 20.2 Å². The van der Waals surface area contributed by atoms with Crippen LogP contribution in [-0.2, 0) is 0 Å². The summed E-state index contributed by atoms with van der Waals surface area (Å²) in [4.78, 5) is 9.05. The van der Waals surface area contributed by atoms with Gasteiger partial charge in [-0.1, -0.05) is 60.7 Å². The van der Waals surface area contributed by atoms with E-state index >= 15 is 0 Å². The fourth-order valence-corrected chi connectivity index (χ4v) is 3.07. The van der Waals surface area contributed by atoms with E-state index in [-0.39, 0.29) is 0 Å². The third kappa shape index (κ3) is 2.85. The maximum atomic E-state index is 5.81. The summed E-state index contributed by atoms with van der Waals surface area (Å²) in [6.45, 7) is 0. The van der Waals surface area contributed by atoms with E-state index in [2.05, 4.69) is 33.4 Å². The molecule has 128 valence electrons. The van der Waals surface area contributed by atoms with Gasteiger partial charge in [0.1, 0.15) is 5.69 Å². The molecule has 0 amide bonds. The van der Waals surface area contributed by atoms with E-state index in [1.165, 1.54) is 0 Å². The third-order valence-corrected chi connectivity index (χ3v) is 4.36. The Labute approximate surface area is 155 Å². The number of aromatic nitrogens is 4. The Morgan fingerprint density at radius 3 is 2.30 bits per heavy atom. The van der Waals surface area contributed by atoms with Gasteiger partial charge >= 0.3 is 0 Å². The molecule has 0 saturated heterocycles. The topological polar surface area (TPSA) is 64.7 Å². The van der Waals surface area contributed by atoms with Crippen LogP contribution in [0.1, 0.15) is 0 Å². The van der Waals surface area contributed by atoms with Crippen LogP contribution in [0.25, 0.3) is 45.1 Å². The second kappa shape index (κ2) is 6.46. The van der Waals surface area contributed by atoms with Gasteiger partial charge < -0.3 is 4.42 Å². The fourth-order valence-electron chi connectivity index (χ4n) is 3.07. The Bertz CT molecular complexity index is 1230. The summed E-state index contributed by atoms with van der Waals surface area (Å²) in [6.07, 6.45) is 3.39. The SMILES string of the molecule is c1ccc(-c2nnc(-c3cncc(-c4cccc5ccccc45)n3)o2)cc1. The monoisotopic (exact) mass is 350 g/mol. The minimum Gasteiger partial charge on any atom is -0.415 e. The lowest BCUT2D eigenvalue weighted by atomic mass is 10.0. The van der Waals surface area contributed by atoms with Crippen LogP contribution in [0.15, 0.2) is 89.6 Å². The Morgan fingerprint density at radius 2 is 1.37 bits per heavy atom. The second-order valence-electron chi connectivity index (χ2n) is 6.09. The number of rotatable bonds is 3. The van der Waals surface area contributed by atoms with Gasteiger partial charge in [0.15, 0.2) is 0 Å². The Kier molecular flexibility index (Phi) is 3.68. The molecule has 0 fully saturated rings. The Hall–Kier alpha value is -3.86. The summed E-state index contributed by atoms with van der Waals surface area (Å²) in [5.41, 5.74) is 3.21. The van der Waals surface area contributed by atoms with Gasteiger partial charge in [-0.05, 0) is 22.9 Å². The summed E-state index contributed by atoms with van der Waals surface area (Å²) in [6, 6.07) is 24.0. The molecule has 0 radical (unpaired) electrons. The molecule has 0 spiro atoms. The van der Waals surface area contributed by atoms with Gasteiger partial charge in [-0.3, -0.25) is 4.98 Å². The molecule has 0 aliphatic carbocycles. The van der Waals surface area contributed by atoms with Crippen LogP contribution in [0.2, 0.25) is 0 Å². The van der Waals surface area contributed by atoms with Crippen LogP contribution in [0, 0.1) is 0 Å². The normalized spacial score (nSPS) is 11.0. The number of nitrogens with zero attached hydrogens (tertiary/aromatic N) is 4. The van der Waals surface area contributed by atoms with Crippen LogP contribution >= 0.6 is 0 Å². The van der Waals surface area contributed by atoms with Crippen molar-refractivity contribution in [3.05, 3.63) is 85.2 Å². The minimum absolute atomic E-state index is 0.350. The van der Waals surface area contributed by atoms with E-state index in [0.29, 0.717) is 17.5 Å². The van der Waals surface area contributed by atoms with Gasteiger partial charge in [-0.15, -0.1) is 10.2 Å². The van der Waals surface area contributed by atoms with Crippen molar-refractivity contribution in [2.24, 2.45) is 0 Å². The lowest BCUT2D eigenvalue weighted by molar-refractivity contribution is 0.582. The largest absolute Gasteiger partial charge is 0.415 e. The Morgan fingerprint density at radius 1 is 0.630 bits per heavy atom. The average molecular weight is 350 g/mol. The van der Waals surface area contributed by atoms with Crippen molar-refractivity contribution in [3.8, 4) is 34.3 Å². The predicted octanol–water partition coefficient (Wildman–Crippen LogP) is 5.01. The van der Waals surface area contributed by atoms with E-state index in [4.69, 9.17) is 9.40 Å². The quantitative estimate of drug-likeness (QED) is 0.457. The highest BCUT2D eigenvalue weighted by atomic mass is 16.4. The first kappa shape index (κ1) is 15.4. The molecule has 5 rings (SSSR count). The van der Waals surface area contributed by atoms with Crippen molar-refractivity contribution >= 4 is 10.8 Å². The van der Waals surface area contributed by atoms with Crippen LogP contribution in [-0.4, -0.2) is 20.2 Å². The molecular weight excluding hydrogens is 336 g/mol. The first-order valence-corrected chi connectivity index (χ1v) is 8.58. The fraction of sp³-hybridized carbons (Fsp3) is 0. The highest BCUT2D eigenvalue weighted by Gasteiger charge is 2.13. The first-order valence-electron chi connectivity index (χ1n) is 8.58. The molecule has 0 aliphatic heterocycles. The van der Waals surface area contributed by atoms with Crippen molar-refractivity contribution in [2.75, 3.05) is 0 Å². The molecule has 5 nitrogen and oxygen atoms in total. The number of benzene rings is 3. The van der Waals surface area contributed by atoms with E-state index in [0.717, 1.165) is 27.6 Å². The van der Waals surface area contributed by atoms with Crippen LogP contribution in [0.4, 0.5) is 0 Å². The molecule has 0 N–H and O–H groups in total. The van der Waals surface area contributed by atoms with Gasteiger partial charge in [0.25, 0.3) is 5.89 Å². The summed E-state index contributed by atoms with van der Waals surface area (Å²) in [5, 5.41) is 10.6. The van der Waals surface area contributed by atoms with E-state index in [9.17, 15) is 0 Å². The molecule has 2 heterocycles. The van der Waals surface area contributed by atoms with Gasteiger partial charge in [0, 0.05) is 11.1 Å². The molecule has 5 heteroatoms. The molecule has 0 aliphatic rings. The number of hydrogen-bond donors (Lipinski definition) is 0. The average Bonchev–Trinajstić information content (AvgIpc) is 3.24. The van der Waals surface area contributed by atoms with Crippen LogP contribution in [0.3, 0.4) is 0 Å². The first-order chi connectivity index (χ1) is 13.4. The molecule has 0 atom stereocenters. The van der Waals surface area contributed by atoms with Gasteiger partial charge in [-0.2, -0.15) is 0 Å². The standard InChI is InChI=1S/C22H14N4O/c1-2-8-16(9-3-1)21-25-26-22(27-21)20-14-23-13-19(24-20)18-12-6-10-15-7-4-5-11-17(15)18/h1-14H. The van der Waals surface area contributed by atoms with Gasteiger partial charge in [-0.25, -0.2) is 4.98 Å². The Balaban J connectivity index is 1.58. The summed E-state index contributed by atoms with van der Waals surface area (Å²) in [7, 11) is 0. The zero-order chi connectivity index (χ0) is 18.1. The second-order valence-corrected chi connectivity index (χ2v) is 6.09. The van der Waals surface area contributed by atoms with Gasteiger partial charge in [0.05, 0.1) is 18.1 Å². The number of hydrogen-bond acceptors (Lipinski definition) is 5. The summed E-state index contributed by atoms with van der Waals surface area (Å²) < 4.78 is 5.81. The summed E-state index contributed by atoms with van der Waals surface area (Å²) in [5.74, 6) is 0.811. The molecule has 27 heavy (non-hydrogen) atoms. The van der Waals surface area contributed by atoms with E-state index in [1.54, 1.807) is 12.4 Å². The molecule has 5 aromatic rings. The molecule has 0 unspecified atom stereocenters. The van der Waals surface area contributed by atoms with Crippen molar-refractivity contribution in [1.29, 1.82) is 0 Å². The van der Waals surface area contributed by atoms with Crippen LogP contribution in [0.5, 0.6) is 0 Å². The molecule has 0 bridgehead atoms. The predicted molar refractivity (Wildman–Crippen MR) is 104 cm³/mol. The third-order valence-electron chi connectivity index (χ3n) is 4.36. The van der Waals surface area contributed by atoms with Crippen LogP contribution < -0.4 is 0 Å². The lowest BCUT2D eigenvalue weighted by Crippen LogP contribution is -1.91. The minimum atomic E-state index is 0.350. The van der Waals surface area contributed by atoms with Crippen molar-refractivity contribution < 1.29 is 4.42 Å². The number of fused-ring (bicyclic) bond motifs is 1. The highest BCUT2D eigenvalue weighted by molar-refractivity contribution is 5.95. The zero-order valence-corrected chi connectivity index (χ0v) is 14.3. The van der Waals surface area contributed by atoms with Crippen molar-refractivity contribution in [3.63, 3.8) is 0 Å². The lowest BCUT2D eigenvalue weighted by Gasteiger charge is -2.06. The van der Waals surface area contributed by atoms with Crippen molar-refractivity contribution in [2.45, 2.75) is 0 Å². The smallest absolute Gasteiger partial charge is 0.268 e. The van der Waals surface area contributed by atoms with E-state index in [1.807, 2.05) is 54.6 Å². The molecule has 3 aromatic carbocycles. The molecular formula is C22H14N4O. The van der Waals surface area contributed by atoms with E-state index < -0.39 is 0 Å². The maximum absolute atomic E-state index is 5.81. The zero-order valence-electron chi connectivity index (χ0n) is 14.3.